The summed E-state index contributed by atoms with van der Waals surface area (Å²) in [5.74, 6) is -1.58. The van der Waals surface area contributed by atoms with E-state index in [2.05, 4.69) is 5.32 Å². The molecule has 0 aliphatic carbocycles. The van der Waals surface area contributed by atoms with Crippen LogP contribution in [-0.2, 0) is 9.59 Å². The van der Waals surface area contributed by atoms with Crippen LogP contribution in [0.4, 0.5) is 0 Å². The van der Waals surface area contributed by atoms with Crippen LogP contribution in [0.15, 0.2) is 0 Å². The summed E-state index contributed by atoms with van der Waals surface area (Å²) < 4.78 is 0. The van der Waals surface area contributed by atoms with Crippen molar-refractivity contribution < 1.29 is 14.7 Å². The van der Waals surface area contributed by atoms with E-state index in [1.54, 1.807) is 6.92 Å². The number of carbonyl (C=O) groups is 2. The number of nitrogens with two attached hydrogens (primary N) is 1. The summed E-state index contributed by atoms with van der Waals surface area (Å²) >= 11 is 0. The number of carboxylic acid groups (broad SMARTS) is 1. The minimum atomic E-state index is -1.20. The molecule has 0 aliphatic rings. The van der Waals surface area contributed by atoms with Crippen molar-refractivity contribution >= 4 is 11.9 Å². The van der Waals surface area contributed by atoms with E-state index in [0.29, 0.717) is 12.8 Å². The Morgan fingerprint density at radius 2 is 2.00 bits per heavy atom. The molecule has 0 aromatic carbocycles. The Morgan fingerprint density at radius 3 is 2.31 bits per heavy atom. The fourth-order valence-corrected chi connectivity index (χ4v) is 1.37. The predicted molar refractivity (Wildman–Crippen MR) is 61.9 cm³/mol. The molecule has 4 N–H and O–H groups in total. The van der Waals surface area contributed by atoms with E-state index in [1.807, 2.05) is 6.92 Å². The molecular weight excluding hydrogens is 208 g/mol. The van der Waals surface area contributed by atoms with Crippen LogP contribution in [0.2, 0.25) is 0 Å². The normalized spacial score (nSPS) is 16.2. The topological polar surface area (TPSA) is 92.4 Å². The lowest BCUT2D eigenvalue weighted by Crippen LogP contribution is -2.54. The van der Waals surface area contributed by atoms with Gasteiger partial charge in [0.15, 0.2) is 0 Å². The summed E-state index contributed by atoms with van der Waals surface area (Å²) in [6.45, 7) is 5.45. The van der Waals surface area contributed by atoms with E-state index in [9.17, 15) is 9.59 Å². The molecule has 94 valence electrons. The molecule has 5 heteroatoms. The second-order valence-corrected chi connectivity index (χ2v) is 4.20. The Bertz CT molecular complexity index is 256. The van der Waals surface area contributed by atoms with Crippen molar-refractivity contribution in [3.63, 3.8) is 0 Å². The quantitative estimate of drug-likeness (QED) is 0.601. The van der Waals surface area contributed by atoms with Gasteiger partial charge in [0.2, 0.25) is 5.91 Å². The van der Waals surface area contributed by atoms with Gasteiger partial charge in [0.1, 0.15) is 5.54 Å². The Kier molecular flexibility index (Phi) is 6.03. The zero-order chi connectivity index (χ0) is 12.8. The third-order valence-electron chi connectivity index (χ3n) is 2.87. The molecule has 0 saturated carbocycles. The van der Waals surface area contributed by atoms with Gasteiger partial charge in [0, 0.05) is 6.54 Å². The number of amides is 1. The second-order valence-electron chi connectivity index (χ2n) is 4.20. The van der Waals surface area contributed by atoms with Gasteiger partial charge >= 0.3 is 5.97 Å². The molecule has 5 nitrogen and oxygen atoms in total. The van der Waals surface area contributed by atoms with E-state index in [4.69, 9.17) is 10.8 Å². The monoisotopic (exact) mass is 230 g/mol. The number of hydrogen-bond donors (Lipinski definition) is 3. The zero-order valence-corrected chi connectivity index (χ0v) is 10.2. The third kappa shape index (κ3) is 3.81. The SMILES string of the molecule is CCCC(CN)C(=O)NC(C)(CC)C(=O)O. The Labute approximate surface area is 96.4 Å². The molecular formula is C11H22N2O3. The number of carbonyl (C=O) groups excluding carboxylic acids is 1. The van der Waals surface area contributed by atoms with E-state index in [1.165, 1.54) is 6.92 Å². The smallest absolute Gasteiger partial charge is 0.329 e. The first-order valence-electron chi connectivity index (χ1n) is 5.66. The summed E-state index contributed by atoms with van der Waals surface area (Å²) in [5.41, 5.74) is 4.29. The van der Waals surface area contributed by atoms with Crippen LogP contribution in [0.5, 0.6) is 0 Å². The molecule has 0 bridgehead atoms. The zero-order valence-electron chi connectivity index (χ0n) is 10.2. The average molecular weight is 230 g/mol. The van der Waals surface area contributed by atoms with Crippen molar-refractivity contribution in [2.24, 2.45) is 11.7 Å². The van der Waals surface area contributed by atoms with Gasteiger partial charge in [0.05, 0.1) is 5.92 Å². The van der Waals surface area contributed by atoms with Crippen LogP contribution in [0, 0.1) is 5.92 Å². The van der Waals surface area contributed by atoms with Gasteiger partial charge in [-0.05, 0) is 19.8 Å². The molecule has 0 aliphatic heterocycles. The number of nitrogens with one attached hydrogen (secondary N) is 1. The minimum absolute atomic E-state index is 0.249. The number of hydrogen-bond acceptors (Lipinski definition) is 3. The van der Waals surface area contributed by atoms with Crippen molar-refractivity contribution in [3.8, 4) is 0 Å². The Morgan fingerprint density at radius 1 is 1.44 bits per heavy atom. The molecule has 0 aromatic heterocycles. The van der Waals surface area contributed by atoms with E-state index in [-0.39, 0.29) is 18.4 Å². The molecule has 0 fully saturated rings. The average Bonchev–Trinajstić information content (AvgIpc) is 2.25. The van der Waals surface area contributed by atoms with E-state index >= 15 is 0 Å². The van der Waals surface area contributed by atoms with Crippen molar-refractivity contribution in [2.75, 3.05) is 6.54 Å². The lowest BCUT2D eigenvalue weighted by Gasteiger charge is -2.27. The van der Waals surface area contributed by atoms with Gasteiger partial charge in [-0.2, -0.15) is 0 Å². The summed E-state index contributed by atoms with van der Waals surface area (Å²) in [6.07, 6.45) is 1.88. The van der Waals surface area contributed by atoms with Gasteiger partial charge in [0.25, 0.3) is 0 Å². The first-order valence-corrected chi connectivity index (χ1v) is 5.66. The number of carboxylic acids is 1. The maximum absolute atomic E-state index is 11.8. The Hall–Kier alpha value is -1.10. The van der Waals surface area contributed by atoms with Gasteiger partial charge in [-0.25, -0.2) is 4.79 Å². The molecule has 0 aromatic rings. The fraction of sp³-hybridized carbons (Fsp3) is 0.818. The van der Waals surface area contributed by atoms with Crippen LogP contribution < -0.4 is 11.1 Å². The molecule has 0 saturated heterocycles. The first kappa shape index (κ1) is 14.9. The molecule has 0 spiro atoms. The van der Waals surface area contributed by atoms with Crippen molar-refractivity contribution in [1.29, 1.82) is 0 Å². The first-order chi connectivity index (χ1) is 7.41. The van der Waals surface area contributed by atoms with Crippen LogP contribution >= 0.6 is 0 Å². The molecule has 0 heterocycles. The summed E-state index contributed by atoms with van der Waals surface area (Å²) in [5, 5.41) is 11.6. The standard InChI is InChI=1S/C11H22N2O3/c1-4-6-8(7-12)9(14)13-11(3,5-2)10(15)16/h8H,4-7,12H2,1-3H3,(H,13,14)(H,15,16). The lowest BCUT2D eigenvalue weighted by atomic mass is 9.96. The molecule has 2 atom stereocenters. The molecule has 0 rings (SSSR count). The number of rotatable bonds is 7. The maximum Gasteiger partial charge on any atom is 0.329 e. The van der Waals surface area contributed by atoms with E-state index < -0.39 is 11.5 Å². The third-order valence-corrected chi connectivity index (χ3v) is 2.87. The van der Waals surface area contributed by atoms with Crippen molar-refractivity contribution in [1.82, 2.24) is 5.32 Å². The highest BCUT2D eigenvalue weighted by atomic mass is 16.4. The van der Waals surface area contributed by atoms with E-state index in [0.717, 1.165) is 6.42 Å². The largest absolute Gasteiger partial charge is 0.480 e. The van der Waals surface area contributed by atoms with Gasteiger partial charge in [-0.3, -0.25) is 4.79 Å². The van der Waals surface area contributed by atoms with Gasteiger partial charge in [-0.1, -0.05) is 20.3 Å². The minimum Gasteiger partial charge on any atom is -0.480 e. The highest BCUT2D eigenvalue weighted by molar-refractivity contribution is 5.87. The predicted octanol–water partition coefficient (Wildman–Crippen LogP) is 0.731. The molecule has 0 radical (unpaired) electrons. The van der Waals surface area contributed by atoms with Crippen LogP contribution in [0.3, 0.4) is 0 Å². The highest BCUT2D eigenvalue weighted by Crippen LogP contribution is 2.12. The Balaban J connectivity index is 4.56. The van der Waals surface area contributed by atoms with Crippen molar-refractivity contribution in [3.05, 3.63) is 0 Å². The van der Waals surface area contributed by atoms with Gasteiger partial charge in [-0.15, -0.1) is 0 Å². The number of aliphatic carboxylic acids is 1. The van der Waals surface area contributed by atoms with Gasteiger partial charge < -0.3 is 16.2 Å². The maximum atomic E-state index is 11.8. The molecule has 1 amide bonds. The molecule has 2 unspecified atom stereocenters. The lowest BCUT2D eigenvalue weighted by molar-refractivity contribution is -0.147. The van der Waals surface area contributed by atoms with Crippen LogP contribution in [0.25, 0.3) is 0 Å². The molecule has 16 heavy (non-hydrogen) atoms. The summed E-state index contributed by atoms with van der Waals surface area (Å²) in [7, 11) is 0. The highest BCUT2D eigenvalue weighted by Gasteiger charge is 2.34. The summed E-state index contributed by atoms with van der Waals surface area (Å²) in [6, 6.07) is 0. The van der Waals surface area contributed by atoms with Crippen LogP contribution in [0.1, 0.15) is 40.0 Å². The fourth-order valence-electron chi connectivity index (χ4n) is 1.37. The summed E-state index contributed by atoms with van der Waals surface area (Å²) in [4.78, 5) is 22.8. The van der Waals surface area contributed by atoms with Crippen molar-refractivity contribution in [2.45, 2.75) is 45.6 Å². The second kappa shape index (κ2) is 6.48. The van der Waals surface area contributed by atoms with Crippen LogP contribution in [-0.4, -0.2) is 29.1 Å².